The van der Waals surface area contributed by atoms with Crippen LogP contribution < -0.4 is 19.5 Å². The largest absolute Gasteiger partial charge is 0.497 e. The van der Waals surface area contributed by atoms with E-state index in [-0.39, 0.29) is 17.4 Å². The van der Waals surface area contributed by atoms with Gasteiger partial charge in [-0.25, -0.2) is 8.42 Å². The van der Waals surface area contributed by atoms with Crippen molar-refractivity contribution in [3.63, 3.8) is 0 Å². The Morgan fingerprint density at radius 1 is 1.06 bits per heavy atom. The Bertz CT molecular complexity index is 1030. The van der Waals surface area contributed by atoms with Crippen LogP contribution in [0.3, 0.4) is 0 Å². The molecule has 1 saturated heterocycles. The quantitative estimate of drug-likeness (QED) is 0.656. The molecule has 2 aromatic rings. The number of ether oxygens (including phenoxy) is 4. The molecule has 168 valence electrons. The van der Waals surface area contributed by atoms with Gasteiger partial charge in [0.1, 0.15) is 17.2 Å². The second-order valence-electron chi connectivity index (χ2n) is 6.85. The van der Waals surface area contributed by atoms with Gasteiger partial charge in [-0.2, -0.15) is 4.31 Å². The molecule has 1 aliphatic heterocycles. The number of carbonyl (C=O) groups excluding carboxylic acids is 1. The fraction of sp³-hybridized carbons (Fsp3) is 0.381. The fourth-order valence-corrected chi connectivity index (χ4v) is 4.61. The lowest BCUT2D eigenvalue weighted by Crippen LogP contribution is -2.40. The van der Waals surface area contributed by atoms with Crippen LogP contribution in [0.1, 0.15) is 5.56 Å². The molecule has 0 spiro atoms. The van der Waals surface area contributed by atoms with Gasteiger partial charge in [-0.3, -0.25) is 4.79 Å². The topological polar surface area (TPSA) is 103 Å². The highest BCUT2D eigenvalue weighted by Crippen LogP contribution is 2.29. The Hall–Kier alpha value is -2.82. The normalized spacial score (nSPS) is 14.7. The fourth-order valence-electron chi connectivity index (χ4n) is 3.11. The van der Waals surface area contributed by atoms with E-state index < -0.39 is 10.0 Å². The lowest BCUT2D eigenvalue weighted by molar-refractivity contribution is -0.118. The first-order chi connectivity index (χ1) is 14.8. The van der Waals surface area contributed by atoms with Crippen LogP contribution >= 0.6 is 0 Å². The summed E-state index contributed by atoms with van der Waals surface area (Å²) in [5.41, 5.74) is 1.10. The number of anilines is 1. The van der Waals surface area contributed by atoms with Gasteiger partial charge in [-0.1, -0.05) is 0 Å². The Labute approximate surface area is 181 Å². The van der Waals surface area contributed by atoms with Crippen LogP contribution in [0.15, 0.2) is 41.3 Å². The maximum absolute atomic E-state index is 12.8. The average Bonchev–Trinajstić information content (AvgIpc) is 2.79. The van der Waals surface area contributed by atoms with Gasteiger partial charge < -0.3 is 24.3 Å². The smallest absolute Gasteiger partial charge is 0.262 e. The minimum absolute atomic E-state index is 0.187. The van der Waals surface area contributed by atoms with E-state index in [0.29, 0.717) is 54.8 Å². The SMILES string of the molecule is COc1ccc(NC(=O)COc2ccc(S(=O)(=O)N3CCOCC3)cc2C)c(OC)c1. The van der Waals surface area contributed by atoms with Crippen molar-refractivity contribution in [1.29, 1.82) is 0 Å². The van der Waals surface area contributed by atoms with E-state index >= 15 is 0 Å². The molecule has 0 atom stereocenters. The molecule has 0 aliphatic carbocycles. The lowest BCUT2D eigenvalue weighted by atomic mass is 10.2. The summed E-state index contributed by atoms with van der Waals surface area (Å²) in [5, 5.41) is 2.72. The number of nitrogens with zero attached hydrogens (tertiary/aromatic N) is 1. The minimum atomic E-state index is -3.59. The summed E-state index contributed by atoms with van der Waals surface area (Å²) in [4.78, 5) is 12.5. The molecular formula is C21H26N2O7S. The van der Waals surface area contributed by atoms with Crippen molar-refractivity contribution in [3.8, 4) is 17.2 Å². The predicted molar refractivity (Wildman–Crippen MR) is 114 cm³/mol. The molecule has 1 fully saturated rings. The number of methoxy groups -OCH3 is 2. The van der Waals surface area contributed by atoms with E-state index in [1.807, 2.05) is 0 Å². The third kappa shape index (κ3) is 5.46. The van der Waals surface area contributed by atoms with Crippen LogP contribution in [0.5, 0.6) is 17.2 Å². The maximum Gasteiger partial charge on any atom is 0.262 e. The first kappa shape index (κ1) is 22.9. The molecule has 3 rings (SSSR count). The van der Waals surface area contributed by atoms with Crippen molar-refractivity contribution in [2.24, 2.45) is 0 Å². The lowest BCUT2D eigenvalue weighted by Gasteiger charge is -2.26. The van der Waals surface area contributed by atoms with E-state index in [0.717, 1.165) is 0 Å². The summed E-state index contributed by atoms with van der Waals surface area (Å²) in [6.45, 7) is 2.91. The number of amides is 1. The van der Waals surface area contributed by atoms with Gasteiger partial charge in [0.15, 0.2) is 6.61 Å². The van der Waals surface area contributed by atoms with Crippen molar-refractivity contribution in [2.75, 3.05) is 52.4 Å². The molecule has 1 heterocycles. The number of nitrogens with one attached hydrogen (secondary N) is 1. The molecule has 2 aromatic carbocycles. The van der Waals surface area contributed by atoms with Gasteiger partial charge in [0, 0.05) is 19.2 Å². The van der Waals surface area contributed by atoms with Crippen molar-refractivity contribution >= 4 is 21.6 Å². The Balaban J connectivity index is 1.64. The maximum atomic E-state index is 12.8. The molecule has 0 bridgehead atoms. The number of sulfonamides is 1. The van der Waals surface area contributed by atoms with E-state index in [1.165, 1.54) is 17.5 Å². The Morgan fingerprint density at radius 2 is 1.81 bits per heavy atom. The van der Waals surface area contributed by atoms with Gasteiger partial charge in [-0.05, 0) is 42.8 Å². The highest BCUT2D eigenvalue weighted by molar-refractivity contribution is 7.89. The summed E-state index contributed by atoms with van der Waals surface area (Å²) in [7, 11) is -0.553. The third-order valence-corrected chi connectivity index (χ3v) is 6.69. The summed E-state index contributed by atoms with van der Waals surface area (Å²) in [5.74, 6) is 1.11. The van der Waals surface area contributed by atoms with E-state index in [2.05, 4.69) is 5.32 Å². The zero-order valence-electron chi connectivity index (χ0n) is 17.7. The van der Waals surface area contributed by atoms with Crippen LogP contribution in [0, 0.1) is 6.92 Å². The van der Waals surface area contributed by atoms with E-state index in [4.69, 9.17) is 18.9 Å². The third-order valence-electron chi connectivity index (χ3n) is 4.80. The predicted octanol–water partition coefficient (Wildman–Crippen LogP) is 2.05. The number of aryl methyl sites for hydroxylation is 1. The first-order valence-corrected chi connectivity index (χ1v) is 11.1. The molecule has 9 nitrogen and oxygen atoms in total. The van der Waals surface area contributed by atoms with Crippen LogP contribution in [-0.2, 0) is 19.6 Å². The van der Waals surface area contributed by atoms with Crippen molar-refractivity contribution in [3.05, 3.63) is 42.0 Å². The highest BCUT2D eigenvalue weighted by atomic mass is 32.2. The van der Waals surface area contributed by atoms with Crippen LogP contribution in [0.4, 0.5) is 5.69 Å². The number of benzene rings is 2. The van der Waals surface area contributed by atoms with Gasteiger partial charge in [-0.15, -0.1) is 0 Å². The Kier molecular flexibility index (Phi) is 7.37. The average molecular weight is 451 g/mol. The van der Waals surface area contributed by atoms with Crippen LogP contribution in [0.2, 0.25) is 0 Å². The van der Waals surface area contributed by atoms with Gasteiger partial charge in [0.2, 0.25) is 10.0 Å². The molecule has 1 amide bonds. The number of hydrogen-bond donors (Lipinski definition) is 1. The second-order valence-corrected chi connectivity index (χ2v) is 8.78. The summed E-state index contributed by atoms with van der Waals surface area (Å²) >= 11 is 0. The standard InChI is InChI=1S/C21H26N2O7S/c1-15-12-17(31(25,26)23-8-10-29-11-9-23)5-7-19(15)30-14-21(24)22-18-6-4-16(27-2)13-20(18)28-3/h4-7,12-13H,8-11,14H2,1-3H3,(H,22,24). The van der Waals surface area contributed by atoms with Crippen molar-refractivity contribution in [1.82, 2.24) is 4.31 Å². The monoisotopic (exact) mass is 450 g/mol. The van der Waals surface area contributed by atoms with Crippen LogP contribution in [0.25, 0.3) is 0 Å². The first-order valence-electron chi connectivity index (χ1n) is 9.68. The van der Waals surface area contributed by atoms with E-state index in [9.17, 15) is 13.2 Å². The molecule has 0 saturated carbocycles. The summed E-state index contributed by atoms with van der Waals surface area (Å²) in [6, 6.07) is 9.63. The van der Waals surface area contributed by atoms with Crippen LogP contribution in [-0.4, -0.2) is 65.8 Å². The molecular weight excluding hydrogens is 424 g/mol. The highest BCUT2D eigenvalue weighted by Gasteiger charge is 2.26. The number of morpholine rings is 1. The van der Waals surface area contributed by atoms with Gasteiger partial charge in [0.05, 0.1) is 38.0 Å². The number of hydrogen-bond acceptors (Lipinski definition) is 7. The second kappa shape index (κ2) is 9.99. The molecule has 10 heteroatoms. The zero-order valence-corrected chi connectivity index (χ0v) is 18.5. The molecule has 0 aromatic heterocycles. The van der Waals surface area contributed by atoms with Gasteiger partial charge in [0.25, 0.3) is 5.91 Å². The molecule has 0 radical (unpaired) electrons. The molecule has 31 heavy (non-hydrogen) atoms. The number of carbonyl (C=O) groups is 1. The summed E-state index contributed by atoms with van der Waals surface area (Å²) in [6.07, 6.45) is 0. The number of rotatable bonds is 8. The van der Waals surface area contributed by atoms with Crippen molar-refractivity contribution in [2.45, 2.75) is 11.8 Å². The minimum Gasteiger partial charge on any atom is -0.497 e. The van der Waals surface area contributed by atoms with Crippen molar-refractivity contribution < 1.29 is 32.2 Å². The summed E-state index contributed by atoms with van der Waals surface area (Å²) < 4.78 is 48.2. The molecule has 0 unspecified atom stereocenters. The van der Waals surface area contributed by atoms with Gasteiger partial charge >= 0.3 is 0 Å². The molecule has 1 aliphatic rings. The molecule has 1 N–H and O–H groups in total. The zero-order chi connectivity index (χ0) is 22.4. The Morgan fingerprint density at radius 3 is 2.45 bits per heavy atom. The van der Waals surface area contributed by atoms with E-state index in [1.54, 1.807) is 44.4 Å².